The van der Waals surface area contributed by atoms with Gasteiger partial charge >= 0.3 is 0 Å². The Bertz CT molecular complexity index is 1020. The Morgan fingerprint density at radius 1 is 1.09 bits per heavy atom. The first-order valence-electron chi connectivity index (χ1n) is 9.79. The van der Waals surface area contributed by atoms with Crippen molar-refractivity contribution in [2.45, 2.75) is 11.4 Å². The number of carbonyl (C=O) groups is 3. The van der Waals surface area contributed by atoms with Crippen molar-refractivity contribution in [1.29, 1.82) is 0 Å². The minimum atomic E-state index is -0.764. The number of benzene rings is 2. The highest BCUT2D eigenvalue weighted by atomic mass is 32.2. The predicted octanol–water partition coefficient (Wildman–Crippen LogP) is 1.57. The van der Waals surface area contributed by atoms with Gasteiger partial charge in [0.15, 0.2) is 0 Å². The van der Waals surface area contributed by atoms with Crippen molar-refractivity contribution in [1.82, 2.24) is 10.2 Å². The fraction of sp³-hybridized carbons (Fsp3) is 0.286. The van der Waals surface area contributed by atoms with Crippen LogP contribution in [0.25, 0.3) is 0 Å². The third-order valence-electron chi connectivity index (χ3n) is 4.79. The smallest absolute Gasteiger partial charge is 0.283 e. The lowest BCUT2D eigenvalue weighted by Crippen LogP contribution is -2.40. The Kier molecular flexibility index (Phi) is 7.79. The maximum Gasteiger partial charge on any atom is 0.283 e. The van der Waals surface area contributed by atoms with Crippen LogP contribution in [0.1, 0.15) is 26.3 Å². The second-order valence-corrected chi connectivity index (χ2v) is 7.99. The fourth-order valence-corrected chi connectivity index (χ4v) is 3.88. The molecular formula is C21H22N4O6S. The summed E-state index contributed by atoms with van der Waals surface area (Å²) in [6, 6.07) is 10.9. The Hall–Kier alpha value is -3.44. The van der Waals surface area contributed by atoms with Gasteiger partial charge in [0.05, 0.1) is 28.8 Å². The lowest BCUT2D eigenvalue weighted by molar-refractivity contribution is -0.387. The number of amides is 3. The molecule has 0 unspecified atom stereocenters. The van der Waals surface area contributed by atoms with Gasteiger partial charge in [0.2, 0.25) is 11.8 Å². The van der Waals surface area contributed by atoms with E-state index in [9.17, 15) is 24.5 Å². The molecule has 2 aromatic carbocycles. The van der Waals surface area contributed by atoms with E-state index in [0.717, 1.165) is 23.4 Å². The summed E-state index contributed by atoms with van der Waals surface area (Å²) in [4.78, 5) is 48.5. The second kappa shape index (κ2) is 10.7. The summed E-state index contributed by atoms with van der Waals surface area (Å²) >= 11 is 0.995. The fourth-order valence-electron chi connectivity index (χ4n) is 3.04. The molecule has 3 amide bonds. The summed E-state index contributed by atoms with van der Waals surface area (Å²) in [5.74, 6) is -1.16. The molecule has 1 saturated heterocycles. The van der Waals surface area contributed by atoms with Crippen molar-refractivity contribution in [3.8, 4) is 0 Å². The molecule has 3 rings (SSSR count). The number of morpholine rings is 1. The number of nitrogens with one attached hydrogen (secondary N) is 1. The molecule has 0 radical (unpaired) electrons. The Morgan fingerprint density at radius 3 is 2.38 bits per heavy atom. The van der Waals surface area contributed by atoms with E-state index < -0.39 is 10.8 Å². The summed E-state index contributed by atoms with van der Waals surface area (Å²) in [6.07, 6.45) is 0. The summed E-state index contributed by atoms with van der Waals surface area (Å²) in [5.41, 5.74) is 6.30. The van der Waals surface area contributed by atoms with Gasteiger partial charge < -0.3 is 20.7 Å². The van der Waals surface area contributed by atoms with E-state index in [-0.39, 0.29) is 40.3 Å². The highest BCUT2D eigenvalue weighted by Crippen LogP contribution is 2.30. The molecule has 0 aliphatic carbocycles. The van der Waals surface area contributed by atoms with Crippen LogP contribution >= 0.6 is 11.8 Å². The number of thioether (sulfide) groups is 1. The van der Waals surface area contributed by atoms with Gasteiger partial charge in [-0.3, -0.25) is 24.5 Å². The number of hydrogen-bond donors (Lipinski definition) is 2. The number of primary amides is 1. The number of hydrogen-bond acceptors (Lipinski definition) is 7. The normalized spacial score (nSPS) is 13.4. The molecule has 32 heavy (non-hydrogen) atoms. The molecule has 1 aliphatic rings. The number of nitro groups is 1. The molecule has 2 aromatic rings. The zero-order valence-electron chi connectivity index (χ0n) is 17.1. The highest BCUT2D eigenvalue weighted by molar-refractivity contribution is 8.00. The maximum atomic E-state index is 12.5. The van der Waals surface area contributed by atoms with Gasteiger partial charge in [0, 0.05) is 36.8 Å². The summed E-state index contributed by atoms with van der Waals surface area (Å²) < 4.78 is 5.25. The van der Waals surface area contributed by atoms with Crippen LogP contribution < -0.4 is 11.1 Å². The lowest BCUT2D eigenvalue weighted by atomic mass is 10.1. The molecule has 0 saturated carbocycles. The minimum absolute atomic E-state index is 0.0288. The van der Waals surface area contributed by atoms with Crippen LogP contribution in [-0.4, -0.2) is 59.6 Å². The molecule has 1 aliphatic heterocycles. The van der Waals surface area contributed by atoms with E-state index >= 15 is 0 Å². The summed E-state index contributed by atoms with van der Waals surface area (Å²) in [5, 5.41) is 14.0. The van der Waals surface area contributed by atoms with Crippen LogP contribution in [0.2, 0.25) is 0 Å². The van der Waals surface area contributed by atoms with E-state index in [0.29, 0.717) is 31.9 Å². The van der Waals surface area contributed by atoms with Gasteiger partial charge in [-0.15, -0.1) is 11.8 Å². The SMILES string of the molecule is NC(=O)c1ccc(SCC(=O)NCc2ccc(C(=O)N3CCOCC3)cc2)c([N+](=O)[O-])c1. The maximum absolute atomic E-state index is 12.5. The monoisotopic (exact) mass is 458 g/mol. The van der Waals surface area contributed by atoms with Crippen LogP contribution in [-0.2, 0) is 16.1 Å². The summed E-state index contributed by atoms with van der Waals surface area (Å²) in [7, 11) is 0. The minimum Gasteiger partial charge on any atom is -0.378 e. The summed E-state index contributed by atoms with van der Waals surface area (Å²) in [6.45, 7) is 2.46. The Morgan fingerprint density at radius 2 is 1.75 bits per heavy atom. The van der Waals surface area contributed by atoms with E-state index in [1.54, 1.807) is 29.2 Å². The largest absolute Gasteiger partial charge is 0.378 e. The number of carbonyl (C=O) groups excluding carboxylic acids is 3. The molecule has 10 nitrogen and oxygen atoms in total. The molecule has 1 fully saturated rings. The van der Waals surface area contributed by atoms with Crippen molar-refractivity contribution < 1.29 is 24.0 Å². The van der Waals surface area contributed by atoms with Crippen molar-refractivity contribution in [2.75, 3.05) is 32.1 Å². The van der Waals surface area contributed by atoms with Gasteiger partial charge in [-0.05, 0) is 29.8 Å². The van der Waals surface area contributed by atoms with Gasteiger partial charge in [-0.1, -0.05) is 12.1 Å². The second-order valence-electron chi connectivity index (χ2n) is 6.97. The van der Waals surface area contributed by atoms with Gasteiger partial charge in [0.1, 0.15) is 0 Å². The van der Waals surface area contributed by atoms with Gasteiger partial charge in [0.25, 0.3) is 11.6 Å². The zero-order valence-corrected chi connectivity index (χ0v) is 17.9. The molecular weight excluding hydrogens is 436 g/mol. The number of ether oxygens (including phenoxy) is 1. The average molecular weight is 458 g/mol. The molecule has 0 bridgehead atoms. The number of rotatable bonds is 8. The van der Waals surface area contributed by atoms with E-state index in [1.165, 1.54) is 12.1 Å². The zero-order chi connectivity index (χ0) is 23.1. The van der Waals surface area contributed by atoms with Crippen molar-refractivity contribution in [3.63, 3.8) is 0 Å². The first-order chi connectivity index (χ1) is 15.3. The van der Waals surface area contributed by atoms with E-state index in [1.807, 2.05) is 0 Å². The highest BCUT2D eigenvalue weighted by Gasteiger charge is 2.19. The topological polar surface area (TPSA) is 145 Å². The van der Waals surface area contributed by atoms with Crippen LogP contribution in [0.15, 0.2) is 47.4 Å². The van der Waals surface area contributed by atoms with Crippen LogP contribution in [0.4, 0.5) is 5.69 Å². The van der Waals surface area contributed by atoms with Crippen LogP contribution in [0.5, 0.6) is 0 Å². The Labute approximate surface area is 188 Å². The lowest BCUT2D eigenvalue weighted by Gasteiger charge is -2.26. The molecule has 0 atom stereocenters. The van der Waals surface area contributed by atoms with Crippen LogP contribution in [0, 0.1) is 10.1 Å². The first kappa shape index (κ1) is 23.2. The molecule has 168 valence electrons. The third kappa shape index (κ3) is 6.05. The molecule has 1 heterocycles. The molecule has 3 N–H and O–H groups in total. The Balaban J connectivity index is 1.51. The number of nitrogens with zero attached hydrogens (tertiary/aromatic N) is 2. The van der Waals surface area contributed by atoms with Crippen molar-refractivity contribution in [3.05, 3.63) is 69.3 Å². The van der Waals surface area contributed by atoms with Crippen molar-refractivity contribution >= 4 is 35.2 Å². The number of nitrogens with two attached hydrogens (primary N) is 1. The van der Waals surface area contributed by atoms with E-state index in [2.05, 4.69) is 5.32 Å². The molecule has 11 heteroatoms. The predicted molar refractivity (Wildman–Crippen MR) is 117 cm³/mol. The first-order valence-corrected chi connectivity index (χ1v) is 10.8. The van der Waals surface area contributed by atoms with Crippen molar-refractivity contribution in [2.24, 2.45) is 5.73 Å². The standard InChI is InChI=1S/C21H22N4O6S/c22-20(27)16-5-6-18(17(11-16)25(29)30)32-13-19(26)23-12-14-1-3-15(4-2-14)21(28)24-7-9-31-10-8-24/h1-6,11H,7-10,12-13H2,(H2,22,27)(H,23,26). The number of nitro benzene ring substituents is 1. The average Bonchev–Trinajstić information content (AvgIpc) is 2.81. The van der Waals surface area contributed by atoms with E-state index in [4.69, 9.17) is 10.5 Å². The molecule has 0 spiro atoms. The van der Waals surface area contributed by atoms with Crippen LogP contribution in [0.3, 0.4) is 0 Å². The third-order valence-corrected chi connectivity index (χ3v) is 5.85. The quantitative estimate of drug-likeness (QED) is 0.347. The van der Waals surface area contributed by atoms with Gasteiger partial charge in [-0.2, -0.15) is 0 Å². The van der Waals surface area contributed by atoms with Gasteiger partial charge in [-0.25, -0.2) is 0 Å². The molecule has 0 aromatic heterocycles.